The van der Waals surface area contributed by atoms with Gasteiger partial charge in [-0.15, -0.1) is 0 Å². The maximum atomic E-state index is 11.8. The van der Waals surface area contributed by atoms with E-state index in [1.165, 1.54) is 21.0 Å². The Labute approximate surface area is 105 Å². The second kappa shape index (κ2) is 5.86. The van der Waals surface area contributed by atoms with Gasteiger partial charge in [0.1, 0.15) is 5.75 Å². The second-order valence-corrected chi connectivity index (χ2v) is 3.74. The number of hydrogen-bond acceptors (Lipinski definition) is 3. The molecule has 0 saturated carbocycles. The summed E-state index contributed by atoms with van der Waals surface area (Å²) in [6.45, 7) is 2.86. The molecule has 5 heteroatoms. The fraction of sp³-hybridized carbons (Fsp3) is 0.231. The number of methoxy groups -OCH3 is 1. The molecular formula is C13H15NO4. The third-order valence-corrected chi connectivity index (χ3v) is 2.55. The zero-order chi connectivity index (χ0) is 13.7. The summed E-state index contributed by atoms with van der Waals surface area (Å²) < 4.78 is 5.03. The van der Waals surface area contributed by atoms with Crippen LogP contribution in [0.1, 0.15) is 13.8 Å². The van der Waals surface area contributed by atoms with Crippen molar-refractivity contribution in [2.24, 2.45) is 0 Å². The van der Waals surface area contributed by atoms with Crippen molar-refractivity contribution in [3.8, 4) is 5.75 Å². The Hall–Kier alpha value is -2.30. The van der Waals surface area contributed by atoms with E-state index in [1.54, 1.807) is 24.3 Å². The Morgan fingerprint density at radius 1 is 1.22 bits per heavy atom. The van der Waals surface area contributed by atoms with E-state index >= 15 is 0 Å². The van der Waals surface area contributed by atoms with Crippen molar-refractivity contribution in [2.45, 2.75) is 13.8 Å². The molecule has 0 aliphatic rings. The molecule has 0 fully saturated rings. The summed E-state index contributed by atoms with van der Waals surface area (Å²) in [6, 6.07) is 6.84. The van der Waals surface area contributed by atoms with Gasteiger partial charge in [-0.05, 0) is 26.0 Å². The third-order valence-electron chi connectivity index (χ3n) is 2.55. The Bertz CT molecular complexity index is 505. The molecule has 2 N–H and O–H groups in total. The number of ether oxygens (including phenoxy) is 1. The quantitative estimate of drug-likeness (QED) is 0.801. The zero-order valence-electron chi connectivity index (χ0n) is 10.5. The minimum atomic E-state index is -1.10. The number of carbonyl (C=O) groups excluding carboxylic acids is 1. The highest BCUT2D eigenvalue weighted by atomic mass is 16.5. The number of carbonyl (C=O) groups is 2. The van der Waals surface area contributed by atoms with E-state index in [0.29, 0.717) is 11.4 Å². The normalized spacial score (nSPS) is 11.5. The first-order valence-electron chi connectivity index (χ1n) is 5.32. The van der Waals surface area contributed by atoms with Crippen LogP contribution in [0.5, 0.6) is 5.75 Å². The smallest absolute Gasteiger partial charge is 0.331 e. The average molecular weight is 249 g/mol. The third kappa shape index (κ3) is 3.35. The number of hydrogen-bond donors (Lipinski definition) is 2. The largest absolute Gasteiger partial charge is 0.497 e. The first kappa shape index (κ1) is 13.8. The minimum absolute atomic E-state index is 0.0235. The fourth-order valence-electron chi connectivity index (χ4n) is 1.26. The molecule has 0 radical (unpaired) electrons. The van der Waals surface area contributed by atoms with Crippen LogP contribution < -0.4 is 10.1 Å². The number of nitrogens with one attached hydrogen (secondary N) is 1. The number of benzene rings is 1. The Morgan fingerprint density at radius 3 is 2.44 bits per heavy atom. The van der Waals surface area contributed by atoms with Gasteiger partial charge < -0.3 is 15.2 Å². The van der Waals surface area contributed by atoms with Gasteiger partial charge in [0.05, 0.1) is 7.11 Å². The molecule has 1 amide bonds. The summed E-state index contributed by atoms with van der Waals surface area (Å²) in [5.74, 6) is -0.930. The lowest BCUT2D eigenvalue weighted by Crippen LogP contribution is -2.16. The van der Waals surface area contributed by atoms with E-state index in [4.69, 9.17) is 9.84 Å². The molecular weight excluding hydrogens is 234 g/mol. The molecule has 1 rings (SSSR count). The Morgan fingerprint density at radius 2 is 1.89 bits per heavy atom. The SMILES string of the molecule is COc1cccc(NC(=O)/C(C)=C(/C)C(=O)O)c1. The van der Waals surface area contributed by atoms with Gasteiger partial charge in [0, 0.05) is 22.9 Å². The van der Waals surface area contributed by atoms with E-state index in [-0.39, 0.29) is 11.1 Å². The molecule has 0 spiro atoms. The number of carboxylic acids is 1. The van der Waals surface area contributed by atoms with Crippen LogP contribution in [0.15, 0.2) is 35.4 Å². The summed E-state index contributed by atoms with van der Waals surface area (Å²) in [4.78, 5) is 22.5. The van der Waals surface area contributed by atoms with Crippen molar-refractivity contribution in [1.29, 1.82) is 0 Å². The molecule has 96 valence electrons. The minimum Gasteiger partial charge on any atom is -0.497 e. The predicted molar refractivity (Wildman–Crippen MR) is 67.6 cm³/mol. The van der Waals surface area contributed by atoms with Crippen molar-refractivity contribution in [3.63, 3.8) is 0 Å². The topological polar surface area (TPSA) is 75.6 Å². The molecule has 0 aromatic heterocycles. The van der Waals surface area contributed by atoms with Gasteiger partial charge >= 0.3 is 5.97 Å². The predicted octanol–water partition coefficient (Wildman–Crippen LogP) is 2.05. The van der Waals surface area contributed by atoms with Crippen molar-refractivity contribution in [2.75, 3.05) is 12.4 Å². The summed E-state index contributed by atoms with van der Waals surface area (Å²) in [6.07, 6.45) is 0. The molecule has 5 nitrogen and oxygen atoms in total. The van der Waals surface area contributed by atoms with Gasteiger partial charge in [-0.1, -0.05) is 6.07 Å². The summed E-state index contributed by atoms with van der Waals surface area (Å²) >= 11 is 0. The van der Waals surface area contributed by atoms with Crippen LogP contribution in [0.4, 0.5) is 5.69 Å². The van der Waals surface area contributed by atoms with Crippen LogP contribution in [0.25, 0.3) is 0 Å². The molecule has 1 aromatic rings. The maximum Gasteiger partial charge on any atom is 0.331 e. The molecule has 0 bridgehead atoms. The van der Waals surface area contributed by atoms with Crippen LogP contribution in [-0.4, -0.2) is 24.1 Å². The lowest BCUT2D eigenvalue weighted by molar-refractivity contribution is -0.133. The number of anilines is 1. The van der Waals surface area contributed by atoms with Crippen LogP contribution >= 0.6 is 0 Å². The van der Waals surface area contributed by atoms with E-state index in [9.17, 15) is 9.59 Å². The summed E-state index contributed by atoms with van der Waals surface area (Å²) in [7, 11) is 1.53. The number of carboxylic acid groups (broad SMARTS) is 1. The highest BCUT2D eigenvalue weighted by molar-refractivity contribution is 6.08. The van der Waals surface area contributed by atoms with E-state index in [0.717, 1.165) is 0 Å². The van der Waals surface area contributed by atoms with Crippen LogP contribution in [0.3, 0.4) is 0 Å². The molecule has 0 heterocycles. The number of amides is 1. The van der Waals surface area contributed by atoms with Crippen LogP contribution in [-0.2, 0) is 9.59 Å². The zero-order valence-corrected chi connectivity index (χ0v) is 10.5. The second-order valence-electron chi connectivity index (χ2n) is 3.74. The van der Waals surface area contributed by atoms with E-state index in [1.807, 2.05) is 0 Å². The average Bonchev–Trinajstić information content (AvgIpc) is 2.36. The van der Waals surface area contributed by atoms with Crippen LogP contribution in [0.2, 0.25) is 0 Å². The molecule has 18 heavy (non-hydrogen) atoms. The van der Waals surface area contributed by atoms with Crippen LogP contribution in [0, 0.1) is 0 Å². The Kier molecular flexibility index (Phi) is 4.48. The summed E-state index contributed by atoms with van der Waals surface area (Å²) in [5.41, 5.74) is 0.748. The van der Waals surface area contributed by atoms with Gasteiger partial charge in [-0.2, -0.15) is 0 Å². The molecule has 0 atom stereocenters. The highest BCUT2D eigenvalue weighted by Gasteiger charge is 2.12. The molecule has 0 unspecified atom stereocenters. The highest BCUT2D eigenvalue weighted by Crippen LogP contribution is 2.17. The summed E-state index contributed by atoms with van der Waals surface area (Å²) in [5, 5.41) is 11.4. The lowest BCUT2D eigenvalue weighted by atomic mass is 10.1. The van der Waals surface area contributed by atoms with E-state index in [2.05, 4.69) is 5.32 Å². The van der Waals surface area contributed by atoms with Crippen molar-refractivity contribution in [1.82, 2.24) is 0 Å². The van der Waals surface area contributed by atoms with Gasteiger partial charge in [-0.25, -0.2) is 4.79 Å². The first-order chi connectivity index (χ1) is 8.45. The van der Waals surface area contributed by atoms with Gasteiger partial charge in [-0.3, -0.25) is 4.79 Å². The lowest BCUT2D eigenvalue weighted by Gasteiger charge is -2.08. The molecule has 0 saturated heterocycles. The number of aliphatic carboxylic acids is 1. The molecule has 0 aliphatic carbocycles. The van der Waals surface area contributed by atoms with Crippen molar-refractivity contribution in [3.05, 3.63) is 35.4 Å². The van der Waals surface area contributed by atoms with Crippen molar-refractivity contribution < 1.29 is 19.4 Å². The van der Waals surface area contributed by atoms with Gasteiger partial charge in [0.2, 0.25) is 0 Å². The monoisotopic (exact) mass is 249 g/mol. The Balaban J connectivity index is 2.88. The molecule has 0 aliphatic heterocycles. The standard InChI is InChI=1S/C13H15NO4/c1-8(9(2)13(16)17)12(15)14-10-5-4-6-11(7-10)18-3/h4-7H,1-3H3,(H,14,15)(H,16,17)/b9-8-. The number of rotatable bonds is 4. The first-order valence-corrected chi connectivity index (χ1v) is 5.32. The van der Waals surface area contributed by atoms with Crippen molar-refractivity contribution >= 4 is 17.6 Å². The van der Waals surface area contributed by atoms with Gasteiger partial charge in [0.15, 0.2) is 0 Å². The molecule has 1 aromatic carbocycles. The van der Waals surface area contributed by atoms with E-state index < -0.39 is 11.9 Å². The fourth-order valence-corrected chi connectivity index (χ4v) is 1.26. The maximum absolute atomic E-state index is 11.8. The van der Waals surface area contributed by atoms with Gasteiger partial charge in [0.25, 0.3) is 5.91 Å².